The Kier molecular flexibility index (Phi) is 5.26. The van der Waals surface area contributed by atoms with E-state index in [9.17, 15) is 0 Å². The minimum Gasteiger partial charge on any atom is -0.375 e. The van der Waals surface area contributed by atoms with Gasteiger partial charge in [-0.05, 0) is 39.3 Å². The molecular formula is C22H17Cl2NS. The number of nitrogens with one attached hydrogen (secondary N) is 1. The van der Waals surface area contributed by atoms with E-state index in [1.54, 1.807) is 11.8 Å². The molecule has 0 bridgehead atoms. The minimum absolute atomic E-state index is 0.202. The van der Waals surface area contributed by atoms with Crippen molar-refractivity contribution in [1.29, 1.82) is 0 Å². The van der Waals surface area contributed by atoms with Crippen LogP contribution in [-0.4, -0.2) is 0 Å². The maximum Gasteiger partial charge on any atom is 0.102 e. The van der Waals surface area contributed by atoms with Crippen molar-refractivity contribution < 1.29 is 0 Å². The van der Waals surface area contributed by atoms with Crippen LogP contribution in [-0.2, 0) is 5.88 Å². The van der Waals surface area contributed by atoms with Crippen LogP contribution in [0.4, 0.5) is 0 Å². The van der Waals surface area contributed by atoms with Crippen LogP contribution in [0.2, 0.25) is 5.02 Å². The Morgan fingerprint density at radius 3 is 2.31 bits per heavy atom. The van der Waals surface area contributed by atoms with E-state index in [2.05, 4.69) is 53.2 Å². The maximum atomic E-state index is 6.52. The molecule has 1 aliphatic heterocycles. The molecule has 0 aromatic heterocycles. The van der Waals surface area contributed by atoms with Crippen molar-refractivity contribution in [3.63, 3.8) is 0 Å². The topological polar surface area (TPSA) is 12.0 Å². The number of thioether (sulfide) groups is 1. The Labute approximate surface area is 168 Å². The van der Waals surface area contributed by atoms with Gasteiger partial charge >= 0.3 is 0 Å². The highest BCUT2D eigenvalue weighted by molar-refractivity contribution is 8.02. The fourth-order valence-corrected chi connectivity index (χ4v) is 4.62. The maximum absolute atomic E-state index is 6.52. The van der Waals surface area contributed by atoms with Crippen molar-refractivity contribution in [2.75, 3.05) is 0 Å². The van der Waals surface area contributed by atoms with Crippen molar-refractivity contribution in [3.8, 4) is 22.3 Å². The molecule has 0 fully saturated rings. The fraction of sp³-hybridized carbons (Fsp3) is 0.0909. The standard InChI is InChI=1S/C22H17Cl2NS/c23-14-15-6-5-10-17(16-7-3-4-11-20(16)24)21(15)18-8-1-2-9-19(18)22-25-12-13-26-22/h1-13,22,25H,14H2. The number of halogens is 2. The number of alkyl halides is 1. The second kappa shape index (κ2) is 7.79. The molecule has 1 heterocycles. The van der Waals surface area contributed by atoms with Crippen molar-refractivity contribution in [3.05, 3.63) is 94.5 Å². The van der Waals surface area contributed by atoms with E-state index in [1.807, 2.05) is 30.5 Å². The number of benzene rings is 3. The van der Waals surface area contributed by atoms with Gasteiger partial charge in [0.15, 0.2) is 0 Å². The van der Waals surface area contributed by atoms with Crippen LogP contribution in [0.1, 0.15) is 16.5 Å². The van der Waals surface area contributed by atoms with Gasteiger partial charge < -0.3 is 5.32 Å². The van der Waals surface area contributed by atoms with Gasteiger partial charge in [0.2, 0.25) is 0 Å². The summed E-state index contributed by atoms with van der Waals surface area (Å²) < 4.78 is 0. The number of hydrogen-bond acceptors (Lipinski definition) is 2. The molecule has 0 saturated heterocycles. The summed E-state index contributed by atoms with van der Waals surface area (Å²) in [4.78, 5) is 0. The summed E-state index contributed by atoms with van der Waals surface area (Å²) in [7, 11) is 0. The first kappa shape index (κ1) is 17.5. The molecule has 0 saturated carbocycles. The number of rotatable bonds is 4. The molecule has 1 atom stereocenters. The lowest BCUT2D eigenvalue weighted by Crippen LogP contribution is -2.09. The summed E-state index contributed by atoms with van der Waals surface area (Å²) in [5, 5.41) is 6.45. The van der Waals surface area contributed by atoms with Crippen molar-refractivity contribution in [2.45, 2.75) is 11.3 Å². The van der Waals surface area contributed by atoms with E-state index in [-0.39, 0.29) is 5.37 Å². The highest BCUT2D eigenvalue weighted by Crippen LogP contribution is 2.43. The van der Waals surface area contributed by atoms with Crippen LogP contribution in [0.25, 0.3) is 22.3 Å². The van der Waals surface area contributed by atoms with Crippen LogP contribution in [0.5, 0.6) is 0 Å². The molecule has 3 aromatic rings. The van der Waals surface area contributed by atoms with Gasteiger partial charge in [0.25, 0.3) is 0 Å². The Bertz CT molecular complexity index is 960. The number of hydrogen-bond donors (Lipinski definition) is 1. The zero-order valence-corrected chi connectivity index (χ0v) is 16.3. The molecule has 4 heteroatoms. The largest absolute Gasteiger partial charge is 0.375 e. The lowest BCUT2D eigenvalue weighted by Gasteiger charge is -2.21. The molecule has 0 radical (unpaired) electrons. The average Bonchev–Trinajstić information content (AvgIpc) is 3.22. The van der Waals surface area contributed by atoms with Crippen LogP contribution in [0, 0.1) is 0 Å². The Hall–Kier alpha value is -1.87. The lowest BCUT2D eigenvalue weighted by atomic mass is 9.88. The second-order valence-corrected chi connectivity index (χ2v) is 7.72. The first-order valence-electron chi connectivity index (χ1n) is 8.38. The van der Waals surface area contributed by atoms with E-state index in [0.717, 1.165) is 27.3 Å². The van der Waals surface area contributed by atoms with E-state index in [0.29, 0.717) is 5.88 Å². The van der Waals surface area contributed by atoms with Gasteiger partial charge in [-0.2, -0.15) is 0 Å². The SMILES string of the molecule is ClCc1cccc(-c2ccccc2Cl)c1-c1ccccc1C1NC=CS1. The van der Waals surface area contributed by atoms with E-state index < -0.39 is 0 Å². The first-order valence-corrected chi connectivity index (χ1v) is 10.2. The predicted molar refractivity (Wildman–Crippen MR) is 114 cm³/mol. The summed E-state index contributed by atoms with van der Waals surface area (Å²) in [5.41, 5.74) is 6.82. The van der Waals surface area contributed by atoms with Gasteiger partial charge in [0.1, 0.15) is 5.37 Å². The predicted octanol–water partition coefficient (Wildman–Crippen LogP) is 7.22. The summed E-state index contributed by atoms with van der Waals surface area (Å²) in [6.45, 7) is 0. The van der Waals surface area contributed by atoms with Crippen LogP contribution < -0.4 is 5.32 Å². The Balaban J connectivity index is 1.97. The monoisotopic (exact) mass is 397 g/mol. The molecule has 1 aliphatic rings. The Morgan fingerprint density at radius 2 is 1.58 bits per heavy atom. The van der Waals surface area contributed by atoms with Crippen LogP contribution in [0.3, 0.4) is 0 Å². The van der Waals surface area contributed by atoms with Crippen molar-refractivity contribution >= 4 is 35.0 Å². The summed E-state index contributed by atoms with van der Waals surface area (Å²) in [6, 6.07) is 22.7. The van der Waals surface area contributed by atoms with Gasteiger partial charge in [-0.25, -0.2) is 0 Å². The summed E-state index contributed by atoms with van der Waals surface area (Å²) >= 11 is 14.6. The zero-order valence-electron chi connectivity index (χ0n) is 14.0. The molecule has 130 valence electrons. The molecule has 0 amide bonds. The molecular weight excluding hydrogens is 381 g/mol. The quantitative estimate of drug-likeness (QED) is 0.466. The molecule has 4 rings (SSSR count). The molecule has 1 nitrogen and oxygen atoms in total. The van der Waals surface area contributed by atoms with Gasteiger partial charge in [-0.1, -0.05) is 72.3 Å². The summed E-state index contributed by atoms with van der Waals surface area (Å²) in [5.74, 6) is 0.450. The van der Waals surface area contributed by atoms with Gasteiger partial charge in [-0.15, -0.1) is 23.4 Å². The third-order valence-electron chi connectivity index (χ3n) is 4.50. The molecule has 1 unspecified atom stereocenters. The molecule has 26 heavy (non-hydrogen) atoms. The third kappa shape index (κ3) is 3.25. The Morgan fingerprint density at radius 1 is 0.846 bits per heavy atom. The lowest BCUT2D eigenvalue weighted by molar-refractivity contribution is 0.864. The molecule has 3 aromatic carbocycles. The van der Waals surface area contributed by atoms with Crippen molar-refractivity contribution in [2.24, 2.45) is 0 Å². The summed E-state index contributed by atoms with van der Waals surface area (Å²) in [6.07, 6.45) is 1.99. The van der Waals surface area contributed by atoms with Gasteiger partial charge in [0.05, 0.1) is 0 Å². The molecule has 0 spiro atoms. The first-order chi connectivity index (χ1) is 12.8. The van der Waals surface area contributed by atoms with Crippen LogP contribution in [0.15, 0.2) is 78.3 Å². The van der Waals surface area contributed by atoms with Gasteiger partial charge in [-0.3, -0.25) is 0 Å². The molecule has 1 N–H and O–H groups in total. The molecule has 0 aliphatic carbocycles. The third-order valence-corrected chi connectivity index (χ3v) is 6.07. The van der Waals surface area contributed by atoms with E-state index in [4.69, 9.17) is 23.2 Å². The van der Waals surface area contributed by atoms with Gasteiger partial charge in [0, 0.05) is 22.7 Å². The minimum atomic E-state index is 0.202. The smallest absolute Gasteiger partial charge is 0.102 e. The normalized spacial score (nSPS) is 15.8. The van der Waals surface area contributed by atoms with E-state index in [1.165, 1.54) is 11.1 Å². The second-order valence-electron chi connectivity index (χ2n) is 6.03. The highest BCUT2D eigenvalue weighted by Gasteiger charge is 2.21. The average molecular weight is 398 g/mol. The highest BCUT2D eigenvalue weighted by atomic mass is 35.5. The van der Waals surface area contributed by atoms with E-state index >= 15 is 0 Å². The fourth-order valence-electron chi connectivity index (χ4n) is 3.33. The van der Waals surface area contributed by atoms with Crippen molar-refractivity contribution in [1.82, 2.24) is 5.32 Å². The zero-order chi connectivity index (χ0) is 17.9. The van der Waals surface area contributed by atoms with Crippen LogP contribution >= 0.6 is 35.0 Å².